The quantitative estimate of drug-likeness (QED) is 0.845. The third-order valence-electron chi connectivity index (χ3n) is 3.01. The van der Waals surface area contributed by atoms with Gasteiger partial charge in [-0.2, -0.15) is 0 Å². The molecule has 0 spiro atoms. The van der Waals surface area contributed by atoms with Gasteiger partial charge in [0.05, 0.1) is 18.8 Å². The lowest BCUT2D eigenvalue weighted by molar-refractivity contribution is -0.0260. The molecule has 0 bridgehead atoms. The van der Waals surface area contributed by atoms with Gasteiger partial charge in [0.1, 0.15) is 0 Å². The second-order valence-electron chi connectivity index (χ2n) is 4.63. The molecule has 2 atom stereocenters. The van der Waals surface area contributed by atoms with E-state index in [2.05, 4.69) is 34.2 Å². The van der Waals surface area contributed by atoms with E-state index < -0.39 is 0 Å². The minimum atomic E-state index is 0.192. The van der Waals surface area contributed by atoms with Gasteiger partial charge in [-0.25, -0.2) is 9.97 Å². The van der Waals surface area contributed by atoms with Gasteiger partial charge >= 0.3 is 0 Å². The Balaban J connectivity index is 1.94. The summed E-state index contributed by atoms with van der Waals surface area (Å²) in [7, 11) is 2.12. The molecule has 1 aromatic heterocycles. The maximum absolute atomic E-state index is 5.75. The SMILES string of the molecule is Cc1ccnc(NC(C)C2CN(C)CCO2)n1. The fourth-order valence-corrected chi connectivity index (χ4v) is 1.93. The summed E-state index contributed by atoms with van der Waals surface area (Å²) >= 11 is 0. The Kier molecular flexibility index (Phi) is 3.91. The molecule has 2 unspecified atom stereocenters. The Morgan fingerprint density at radius 1 is 1.59 bits per heavy atom. The van der Waals surface area contributed by atoms with Gasteiger partial charge in [0.25, 0.3) is 0 Å². The first kappa shape index (κ1) is 12.3. The molecule has 5 nitrogen and oxygen atoms in total. The number of anilines is 1. The molecule has 1 N–H and O–H groups in total. The van der Waals surface area contributed by atoms with Gasteiger partial charge in [0.2, 0.25) is 5.95 Å². The molecular formula is C12H20N4O. The first-order valence-electron chi connectivity index (χ1n) is 6.01. The van der Waals surface area contributed by atoms with Crippen molar-refractivity contribution in [1.29, 1.82) is 0 Å². The maximum atomic E-state index is 5.75. The van der Waals surface area contributed by atoms with Gasteiger partial charge < -0.3 is 15.0 Å². The van der Waals surface area contributed by atoms with Crippen LogP contribution in [0.2, 0.25) is 0 Å². The van der Waals surface area contributed by atoms with E-state index >= 15 is 0 Å². The molecule has 1 saturated heterocycles. The normalized spacial score (nSPS) is 23.4. The number of likely N-dealkylation sites (N-methyl/N-ethyl adjacent to an activating group) is 1. The monoisotopic (exact) mass is 236 g/mol. The summed E-state index contributed by atoms with van der Waals surface area (Å²) in [6, 6.07) is 2.10. The molecule has 2 rings (SSSR count). The molecule has 5 heteroatoms. The smallest absolute Gasteiger partial charge is 0.223 e. The van der Waals surface area contributed by atoms with Gasteiger partial charge in [-0.15, -0.1) is 0 Å². The van der Waals surface area contributed by atoms with Crippen LogP contribution in [0.25, 0.3) is 0 Å². The predicted octanol–water partition coefficient (Wildman–Crippen LogP) is 0.916. The highest BCUT2D eigenvalue weighted by Gasteiger charge is 2.23. The molecule has 0 amide bonds. The van der Waals surface area contributed by atoms with Crippen LogP contribution >= 0.6 is 0 Å². The van der Waals surface area contributed by atoms with Crippen molar-refractivity contribution < 1.29 is 4.74 Å². The molecule has 1 fully saturated rings. The van der Waals surface area contributed by atoms with Crippen LogP contribution in [-0.4, -0.2) is 53.8 Å². The number of hydrogen-bond acceptors (Lipinski definition) is 5. The van der Waals surface area contributed by atoms with Gasteiger partial charge in [-0.3, -0.25) is 0 Å². The van der Waals surface area contributed by atoms with E-state index in [4.69, 9.17) is 4.74 Å². The summed E-state index contributed by atoms with van der Waals surface area (Å²) in [6.45, 7) is 6.81. The van der Waals surface area contributed by atoms with Crippen LogP contribution in [-0.2, 0) is 4.74 Å². The summed E-state index contributed by atoms with van der Waals surface area (Å²) in [5.74, 6) is 0.675. The number of hydrogen-bond donors (Lipinski definition) is 1. The van der Waals surface area contributed by atoms with Crippen LogP contribution < -0.4 is 5.32 Å². The lowest BCUT2D eigenvalue weighted by Crippen LogP contribution is -2.47. The van der Waals surface area contributed by atoms with Crippen molar-refractivity contribution in [3.63, 3.8) is 0 Å². The number of aromatic nitrogens is 2. The Labute approximate surface area is 102 Å². The van der Waals surface area contributed by atoms with E-state index in [0.717, 1.165) is 25.4 Å². The lowest BCUT2D eigenvalue weighted by Gasteiger charge is -2.33. The van der Waals surface area contributed by atoms with E-state index in [1.807, 2.05) is 13.0 Å². The molecule has 0 saturated carbocycles. The van der Waals surface area contributed by atoms with Gasteiger partial charge in [-0.1, -0.05) is 0 Å². The minimum Gasteiger partial charge on any atom is -0.373 e. The van der Waals surface area contributed by atoms with Crippen LogP contribution in [0.3, 0.4) is 0 Å². The number of nitrogens with one attached hydrogen (secondary N) is 1. The first-order valence-corrected chi connectivity index (χ1v) is 6.01. The standard InChI is InChI=1S/C12H20N4O/c1-9-4-5-13-12(14-9)15-10(2)11-8-16(3)6-7-17-11/h4-5,10-11H,6-8H2,1-3H3,(H,13,14,15). The highest BCUT2D eigenvalue weighted by Crippen LogP contribution is 2.11. The zero-order chi connectivity index (χ0) is 12.3. The van der Waals surface area contributed by atoms with Gasteiger partial charge in [0.15, 0.2) is 0 Å². The lowest BCUT2D eigenvalue weighted by atomic mass is 10.1. The number of rotatable bonds is 3. The van der Waals surface area contributed by atoms with Crippen molar-refractivity contribution >= 4 is 5.95 Å². The van der Waals surface area contributed by atoms with Crippen molar-refractivity contribution in [2.75, 3.05) is 32.1 Å². The number of morpholine rings is 1. The average Bonchev–Trinajstić information content (AvgIpc) is 2.29. The van der Waals surface area contributed by atoms with Crippen LogP contribution in [0.5, 0.6) is 0 Å². The van der Waals surface area contributed by atoms with Crippen molar-refractivity contribution in [3.05, 3.63) is 18.0 Å². The van der Waals surface area contributed by atoms with Crippen LogP contribution in [0, 0.1) is 6.92 Å². The van der Waals surface area contributed by atoms with Gasteiger partial charge in [-0.05, 0) is 27.0 Å². The second kappa shape index (κ2) is 5.42. The molecule has 1 aliphatic heterocycles. The van der Waals surface area contributed by atoms with E-state index in [1.165, 1.54) is 0 Å². The summed E-state index contributed by atoms with van der Waals surface area (Å²) in [5, 5.41) is 3.30. The molecular weight excluding hydrogens is 216 g/mol. The van der Waals surface area contributed by atoms with Gasteiger partial charge in [0, 0.05) is 25.0 Å². The predicted molar refractivity (Wildman–Crippen MR) is 67.1 cm³/mol. The Morgan fingerprint density at radius 2 is 2.41 bits per heavy atom. The second-order valence-corrected chi connectivity index (χ2v) is 4.63. The molecule has 1 aromatic rings. The molecule has 0 radical (unpaired) electrons. The minimum absolute atomic E-state index is 0.192. The highest BCUT2D eigenvalue weighted by molar-refractivity contribution is 5.26. The number of aryl methyl sites for hydroxylation is 1. The fraction of sp³-hybridized carbons (Fsp3) is 0.667. The van der Waals surface area contributed by atoms with Crippen molar-refractivity contribution in [2.24, 2.45) is 0 Å². The topological polar surface area (TPSA) is 50.3 Å². The summed E-state index contributed by atoms with van der Waals surface area (Å²) in [6.07, 6.45) is 1.96. The summed E-state index contributed by atoms with van der Waals surface area (Å²) in [5.41, 5.74) is 0.969. The molecule has 1 aliphatic rings. The number of nitrogens with zero attached hydrogens (tertiary/aromatic N) is 3. The Morgan fingerprint density at radius 3 is 3.12 bits per heavy atom. The van der Waals surface area contributed by atoms with E-state index in [9.17, 15) is 0 Å². The molecule has 0 aromatic carbocycles. The van der Waals surface area contributed by atoms with Crippen LogP contribution in [0.15, 0.2) is 12.3 Å². The Hall–Kier alpha value is -1.20. The summed E-state index contributed by atoms with van der Waals surface area (Å²) < 4.78 is 5.75. The Bertz CT molecular complexity index is 371. The van der Waals surface area contributed by atoms with Crippen molar-refractivity contribution in [3.8, 4) is 0 Å². The fourth-order valence-electron chi connectivity index (χ4n) is 1.93. The van der Waals surface area contributed by atoms with Crippen molar-refractivity contribution in [1.82, 2.24) is 14.9 Å². The largest absolute Gasteiger partial charge is 0.373 e. The van der Waals surface area contributed by atoms with Crippen molar-refractivity contribution in [2.45, 2.75) is 26.0 Å². The van der Waals surface area contributed by atoms with Crippen LogP contribution in [0.1, 0.15) is 12.6 Å². The maximum Gasteiger partial charge on any atom is 0.223 e. The van der Waals surface area contributed by atoms with E-state index in [-0.39, 0.29) is 12.1 Å². The average molecular weight is 236 g/mol. The molecule has 17 heavy (non-hydrogen) atoms. The molecule has 94 valence electrons. The third-order valence-corrected chi connectivity index (χ3v) is 3.01. The van der Waals surface area contributed by atoms with Crippen LogP contribution in [0.4, 0.5) is 5.95 Å². The summed E-state index contributed by atoms with van der Waals surface area (Å²) in [4.78, 5) is 10.8. The van der Waals surface area contributed by atoms with E-state index in [1.54, 1.807) is 6.20 Å². The zero-order valence-electron chi connectivity index (χ0n) is 10.7. The molecule has 2 heterocycles. The van der Waals surface area contributed by atoms with E-state index in [0.29, 0.717) is 5.95 Å². The first-order chi connectivity index (χ1) is 8.15. The highest BCUT2D eigenvalue weighted by atomic mass is 16.5. The number of ether oxygens (including phenoxy) is 1. The third kappa shape index (κ3) is 3.38. The zero-order valence-corrected chi connectivity index (χ0v) is 10.7. The molecule has 0 aliphatic carbocycles.